The van der Waals surface area contributed by atoms with Crippen LogP contribution in [0.1, 0.15) is 37.0 Å². The summed E-state index contributed by atoms with van der Waals surface area (Å²) in [6.45, 7) is 8.39. The van der Waals surface area contributed by atoms with Gasteiger partial charge in [0, 0.05) is 27.4 Å². The Hall–Kier alpha value is -2.70. The summed E-state index contributed by atoms with van der Waals surface area (Å²) < 4.78 is 2.23. The molecule has 30 heavy (non-hydrogen) atoms. The maximum atomic E-state index is 13.0. The number of thiophene rings is 1. The topological polar surface area (TPSA) is 46.8 Å². The minimum absolute atomic E-state index is 0.0816. The molecule has 0 unspecified atom stereocenters. The molecule has 156 valence electrons. The van der Waals surface area contributed by atoms with Crippen molar-refractivity contribution in [2.45, 2.75) is 20.4 Å². The fraction of sp³-hybridized carbons (Fsp3) is 0.333. The number of ketones is 1. The van der Waals surface area contributed by atoms with E-state index >= 15 is 0 Å². The Morgan fingerprint density at radius 1 is 1.03 bits per heavy atom. The van der Waals surface area contributed by atoms with E-state index in [1.54, 1.807) is 11.3 Å². The van der Waals surface area contributed by atoms with Crippen molar-refractivity contribution in [1.29, 1.82) is 0 Å². The number of hydrogen-bond acceptors (Lipinski definition) is 3. The second-order valence-electron chi connectivity index (χ2n) is 7.96. The van der Waals surface area contributed by atoms with Gasteiger partial charge in [0.05, 0.1) is 32.7 Å². The second kappa shape index (κ2) is 8.98. The molecule has 1 saturated heterocycles. The van der Waals surface area contributed by atoms with Gasteiger partial charge in [-0.05, 0) is 43.5 Å². The van der Waals surface area contributed by atoms with E-state index in [9.17, 15) is 9.59 Å². The molecule has 6 heteroatoms. The summed E-state index contributed by atoms with van der Waals surface area (Å²) in [6, 6.07) is 15.6. The largest absolute Gasteiger partial charge is 0.343 e. The van der Waals surface area contributed by atoms with Crippen LogP contribution in [0.4, 0.5) is 0 Å². The van der Waals surface area contributed by atoms with Gasteiger partial charge in [0.2, 0.25) is 5.78 Å². The fourth-order valence-corrected chi connectivity index (χ4v) is 4.87. The molecule has 0 aliphatic carbocycles. The minimum Gasteiger partial charge on any atom is -0.343 e. The third-order valence-corrected chi connectivity index (χ3v) is 6.82. The highest BCUT2D eigenvalue weighted by molar-refractivity contribution is 7.09. The van der Waals surface area contributed by atoms with Crippen molar-refractivity contribution >= 4 is 23.0 Å². The van der Waals surface area contributed by atoms with Crippen LogP contribution in [0, 0.1) is 13.8 Å². The number of aryl methyl sites for hydroxylation is 1. The van der Waals surface area contributed by atoms with E-state index in [0.29, 0.717) is 19.6 Å². The van der Waals surface area contributed by atoms with Crippen LogP contribution in [-0.4, -0.2) is 53.9 Å². The zero-order valence-corrected chi connectivity index (χ0v) is 18.4. The van der Waals surface area contributed by atoms with Crippen LogP contribution in [0.15, 0.2) is 53.9 Å². The molecule has 1 fully saturated rings. The molecule has 0 radical (unpaired) electrons. The molecule has 3 heterocycles. The molecular formula is C24H28N3O2S+. The number of Topliss-reactive ketones (excluding diaryl/α,β-unsaturated/α-hetero) is 1. The van der Waals surface area contributed by atoms with Crippen molar-refractivity contribution < 1.29 is 14.5 Å². The number of hydrogen-bond donors (Lipinski definition) is 1. The lowest BCUT2D eigenvalue weighted by Gasteiger charge is -2.32. The van der Waals surface area contributed by atoms with Crippen molar-refractivity contribution in [3.63, 3.8) is 0 Å². The molecule has 1 N–H and O–H groups in total. The molecule has 2 aromatic heterocycles. The second-order valence-corrected chi connectivity index (χ2v) is 8.99. The SMILES string of the molecule is Cc1cc(C(=O)C[NH+]2CCN(C(=O)c3ccccc3)CC2)c(C)n1Cc1cccs1. The van der Waals surface area contributed by atoms with Gasteiger partial charge >= 0.3 is 0 Å². The van der Waals surface area contributed by atoms with Gasteiger partial charge in [-0.3, -0.25) is 9.59 Å². The quantitative estimate of drug-likeness (QED) is 0.621. The first kappa shape index (κ1) is 20.6. The summed E-state index contributed by atoms with van der Waals surface area (Å²) in [5.41, 5.74) is 3.73. The summed E-state index contributed by atoms with van der Waals surface area (Å²) in [4.78, 5) is 30.1. The lowest BCUT2D eigenvalue weighted by Crippen LogP contribution is -3.15. The molecule has 3 aromatic rings. The van der Waals surface area contributed by atoms with Gasteiger partial charge in [0.25, 0.3) is 5.91 Å². The van der Waals surface area contributed by atoms with Crippen LogP contribution in [0.3, 0.4) is 0 Å². The Bertz CT molecular complexity index is 1020. The predicted molar refractivity (Wildman–Crippen MR) is 120 cm³/mol. The minimum atomic E-state index is 0.0816. The van der Waals surface area contributed by atoms with Gasteiger partial charge in [-0.15, -0.1) is 11.3 Å². The van der Waals surface area contributed by atoms with E-state index in [1.807, 2.05) is 48.2 Å². The normalized spacial score (nSPS) is 14.8. The lowest BCUT2D eigenvalue weighted by molar-refractivity contribution is -0.895. The highest BCUT2D eigenvalue weighted by Crippen LogP contribution is 2.19. The van der Waals surface area contributed by atoms with Crippen LogP contribution >= 0.6 is 11.3 Å². The highest BCUT2D eigenvalue weighted by Gasteiger charge is 2.27. The number of nitrogens with zero attached hydrogens (tertiary/aromatic N) is 2. The zero-order chi connectivity index (χ0) is 21.1. The van der Waals surface area contributed by atoms with Crippen LogP contribution in [0.2, 0.25) is 0 Å². The van der Waals surface area contributed by atoms with Crippen LogP contribution in [-0.2, 0) is 6.54 Å². The number of carbonyl (C=O) groups excluding carboxylic acids is 2. The van der Waals surface area contributed by atoms with Gasteiger partial charge in [-0.25, -0.2) is 0 Å². The Balaban J connectivity index is 1.36. The van der Waals surface area contributed by atoms with E-state index in [2.05, 4.69) is 29.0 Å². The molecule has 0 saturated carbocycles. The molecule has 5 nitrogen and oxygen atoms in total. The highest BCUT2D eigenvalue weighted by atomic mass is 32.1. The Morgan fingerprint density at radius 2 is 1.77 bits per heavy atom. The van der Waals surface area contributed by atoms with Gasteiger partial charge in [-0.1, -0.05) is 24.3 Å². The van der Waals surface area contributed by atoms with Gasteiger partial charge in [0.1, 0.15) is 6.54 Å². The van der Waals surface area contributed by atoms with Gasteiger partial charge in [-0.2, -0.15) is 0 Å². The van der Waals surface area contributed by atoms with E-state index in [-0.39, 0.29) is 11.7 Å². The molecule has 1 aromatic carbocycles. The predicted octanol–water partition coefficient (Wildman–Crippen LogP) is 2.44. The average Bonchev–Trinajstić information content (AvgIpc) is 3.38. The number of aromatic nitrogens is 1. The molecule has 4 rings (SSSR count). The monoisotopic (exact) mass is 422 g/mol. The Kier molecular flexibility index (Phi) is 6.16. The first-order valence-corrected chi connectivity index (χ1v) is 11.3. The number of carbonyl (C=O) groups is 2. The maximum Gasteiger partial charge on any atom is 0.254 e. The van der Waals surface area contributed by atoms with Gasteiger partial charge < -0.3 is 14.4 Å². The van der Waals surface area contributed by atoms with Crippen molar-refractivity contribution in [1.82, 2.24) is 9.47 Å². The molecule has 1 amide bonds. The first-order chi connectivity index (χ1) is 14.5. The van der Waals surface area contributed by atoms with E-state index in [0.717, 1.165) is 42.1 Å². The maximum absolute atomic E-state index is 13.0. The first-order valence-electron chi connectivity index (χ1n) is 10.4. The molecule has 1 aliphatic rings. The van der Waals surface area contributed by atoms with E-state index in [4.69, 9.17) is 0 Å². The van der Waals surface area contributed by atoms with Crippen LogP contribution < -0.4 is 4.90 Å². The number of piperazine rings is 1. The molecular weight excluding hydrogens is 394 g/mol. The number of nitrogens with one attached hydrogen (secondary N) is 1. The smallest absolute Gasteiger partial charge is 0.254 e. The Morgan fingerprint density at radius 3 is 2.43 bits per heavy atom. The van der Waals surface area contributed by atoms with Crippen molar-refractivity contribution in [2.75, 3.05) is 32.7 Å². The number of rotatable bonds is 6. The van der Waals surface area contributed by atoms with E-state index < -0.39 is 0 Å². The zero-order valence-electron chi connectivity index (χ0n) is 17.6. The molecule has 1 aliphatic heterocycles. The van der Waals surface area contributed by atoms with Crippen LogP contribution in [0.5, 0.6) is 0 Å². The molecule has 0 spiro atoms. The summed E-state index contributed by atoms with van der Waals surface area (Å²) >= 11 is 1.74. The van der Waals surface area contributed by atoms with Gasteiger partial charge in [0.15, 0.2) is 0 Å². The molecule has 0 bridgehead atoms. The summed E-state index contributed by atoms with van der Waals surface area (Å²) in [5.74, 6) is 0.275. The third kappa shape index (κ3) is 4.40. The standard InChI is InChI=1S/C24H27N3O2S/c1-18-15-22(19(2)27(18)16-21-9-6-14-30-21)23(28)17-25-10-12-26(13-11-25)24(29)20-7-4-3-5-8-20/h3-9,14-15H,10-13,16-17H2,1-2H3/p+1. The number of quaternary nitrogens is 1. The third-order valence-electron chi connectivity index (χ3n) is 5.96. The summed E-state index contributed by atoms with van der Waals surface area (Å²) in [6.07, 6.45) is 0. The Labute approximate surface area is 181 Å². The summed E-state index contributed by atoms with van der Waals surface area (Å²) in [5, 5.41) is 2.08. The fourth-order valence-electron chi connectivity index (χ4n) is 4.17. The lowest BCUT2D eigenvalue weighted by atomic mass is 10.1. The summed E-state index contributed by atoms with van der Waals surface area (Å²) in [7, 11) is 0. The van der Waals surface area contributed by atoms with Crippen molar-refractivity contribution in [3.8, 4) is 0 Å². The van der Waals surface area contributed by atoms with E-state index in [1.165, 1.54) is 9.78 Å². The number of amides is 1. The molecule has 0 atom stereocenters. The average molecular weight is 423 g/mol. The van der Waals surface area contributed by atoms with Crippen molar-refractivity contribution in [3.05, 3.63) is 81.3 Å². The number of benzene rings is 1. The van der Waals surface area contributed by atoms with Crippen LogP contribution in [0.25, 0.3) is 0 Å². The van der Waals surface area contributed by atoms with Crippen molar-refractivity contribution in [2.24, 2.45) is 0 Å².